The molecule has 212 valence electrons. The molecular formula is C31H44N4O4. The molecule has 8 heteroatoms. The highest BCUT2D eigenvalue weighted by Crippen LogP contribution is 2.28. The fraction of sp³-hybridized carbons (Fsp3) is 0.548. The second-order valence-electron chi connectivity index (χ2n) is 10.7. The van der Waals surface area contributed by atoms with E-state index in [0.717, 1.165) is 108 Å². The lowest BCUT2D eigenvalue weighted by atomic mass is 10.0. The number of ether oxygens (including phenoxy) is 1. The van der Waals surface area contributed by atoms with Crippen molar-refractivity contribution in [3.05, 3.63) is 54.6 Å². The van der Waals surface area contributed by atoms with E-state index in [1.807, 2.05) is 54.6 Å². The van der Waals surface area contributed by atoms with Crippen LogP contribution in [0, 0.1) is 0 Å². The van der Waals surface area contributed by atoms with Gasteiger partial charge in [-0.1, -0.05) is 55.0 Å². The summed E-state index contributed by atoms with van der Waals surface area (Å²) in [5, 5.41) is 15.7. The summed E-state index contributed by atoms with van der Waals surface area (Å²) in [5.74, 6) is 0.101. The minimum absolute atomic E-state index is 0.101. The molecule has 39 heavy (non-hydrogen) atoms. The van der Waals surface area contributed by atoms with Gasteiger partial charge in [-0.3, -0.25) is 10.1 Å². The highest BCUT2D eigenvalue weighted by Gasteiger charge is 2.23. The molecule has 0 radical (unpaired) electrons. The van der Waals surface area contributed by atoms with Crippen LogP contribution in [0.3, 0.4) is 0 Å². The summed E-state index contributed by atoms with van der Waals surface area (Å²) in [6.07, 6.45) is 6.52. The second-order valence-corrected chi connectivity index (χ2v) is 10.7. The van der Waals surface area contributed by atoms with Crippen LogP contribution in [0.15, 0.2) is 54.6 Å². The third-order valence-corrected chi connectivity index (χ3v) is 7.67. The Morgan fingerprint density at radius 2 is 1.64 bits per heavy atom. The third-order valence-electron chi connectivity index (χ3n) is 7.67. The molecule has 0 bridgehead atoms. The fourth-order valence-corrected chi connectivity index (χ4v) is 5.45. The van der Waals surface area contributed by atoms with Crippen LogP contribution in [-0.4, -0.2) is 84.9 Å². The molecule has 2 aliphatic rings. The number of likely N-dealkylation sites (tertiary alicyclic amines) is 2. The molecule has 0 spiro atoms. The van der Waals surface area contributed by atoms with Gasteiger partial charge in [0, 0.05) is 44.7 Å². The van der Waals surface area contributed by atoms with Crippen molar-refractivity contribution in [2.24, 2.45) is 0 Å². The predicted octanol–water partition coefficient (Wildman–Crippen LogP) is 4.50. The van der Waals surface area contributed by atoms with Crippen molar-refractivity contribution >= 4 is 17.7 Å². The molecule has 1 unspecified atom stereocenters. The van der Waals surface area contributed by atoms with Gasteiger partial charge in [-0.2, -0.15) is 0 Å². The Hall–Kier alpha value is -2.94. The van der Waals surface area contributed by atoms with E-state index in [-0.39, 0.29) is 18.1 Å². The Labute approximate surface area is 232 Å². The maximum Gasteiger partial charge on any atom is 0.411 e. The largest absolute Gasteiger partial charge is 0.446 e. The van der Waals surface area contributed by atoms with Gasteiger partial charge in [0.2, 0.25) is 5.91 Å². The fourth-order valence-electron chi connectivity index (χ4n) is 5.45. The van der Waals surface area contributed by atoms with Crippen molar-refractivity contribution in [3.63, 3.8) is 0 Å². The molecule has 1 atom stereocenters. The molecule has 2 amide bonds. The number of aliphatic hydroxyl groups is 1. The van der Waals surface area contributed by atoms with Gasteiger partial charge in [0.1, 0.15) is 6.10 Å². The molecular weight excluding hydrogens is 492 g/mol. The highest BCUT2D eigenvalue weighted by atomic mass is 16.6. The zero-order valence-corrected chi connectivity index (χ0v) is 23.0. The molecule has 0 aromatic heterocycles. The van der Waals surface area contributed by atoms with E-state index in [4.69, 9.17) is 4.74 Å². The standard InChI is InChI=1S/C31H44N4O4/c36-26-12-9-20-35(24-26)19-8-2-7-18-32-30(37)17-23-34-21-15-27(16-22-34)39-31(38)33-29-14-6-5-13-28(29)25-10-3-1-4-11-25/h1,3-6,10-11,13-14,26-27,36H,2,7-9,12,15-24H2,(H,32,37)(H,33,38). The van der Waals surface area contributed by atoms with Crippen molar-refractivity contribution in [1.29, 1.82) is 0 Å². The number of aliphatic hydroxyl groups excluding tert-OH is 1. The normalized spacial score (nSPS) is 18.9. The van der Waals surface area contributed by atoms with Crippen molar-refractivity contribution in [2.75, 3.05) is 51.1 Å². The number of carbonyl (C=O) groups excluding carboxylic acids is 2. The molecule has 8 nitrogen and oxygen atoms in total. The van der Waals surface area contributed by atoms with Crippen LogP contribution >= 0.6 is 0 Å². The summed E-state index contributed by atoms with van der Waals surface area (Å²) in [6, 6.07) is 17.7. The number of para-hydroxylation sites is 1. The first-order valence-electron chi connectivity index (χ1n) is 14.6. The lowest BCUT2D eigenvalue weighted by molar-refractivity contribution is -0.121. The molecule has 3 N–H and O–H groups in total. The second kappa shape index (κ2) is 15.6. The summed E-state index contributed by atoms with van der Waals surface area (Å²) < 4.78 is 5.72. The molecule has 2 aromatic rings. The van der Waals surface area contributed by atoms with E-state index < -0.39 is 6.09 Å². The van der Waals surface area contributed by atoms with E-state index in [1.54, 1.807) is 0 Å². The van der Waals surface area contributed by atoms with Crippen molar-refractivity contribution in [1.82, 2.24) is 15.1 Å². The van der Waals surface area contributed by atoms with Crippen molar-refractivity contribution in [3.8, 4) is 11.1 Å². The third kappa shape index (κ3) is 9.95. The van der Waals surface area contributed by atoms with Crippen LogP contribution in [-0.2, 0) is 9.53 Å². The van der Waals surface area contributed by atoms with Gasteiger partial charge >= 0.3 is 6.09 Å². The number of unbranched alkanes of at least 4 members (excludes halogenated alkanes) is 2. The molecule has 2 saturated heterocycles. The zero-order valence-electron chi connectivity index (χ0n) is 23.0. The number of hydrogen-bond donors (Lipinski definition) is 3. The molecule has 2 aromatic carbocycles. The summed E-state index contributed by atoms with van der Waals surface area (Å²) in [7, 11) is 0. The SMILES string of the molecule is O=C(CCN1CCC(OC(=O)Nc2ccccc2-c2ccccc2)CC1)NCCCCCN1CCCC(O)C1. The number of nitrogens with one attached hydrogen (secondary N) is 2. The Morgan fingerprint density at radius 3 is 2.44 bits per heavy atom. The van der Waals surface area contributed by atoms with E-state index in [9.17, 15) is 14.7 Å². The molecule has 0 aliphatic carbocycles. The first-order chi connectivity index (χ1) is 19.1. The quantitative estimate of drug-likeness (QED) is 0.346. The van der Waals surface area contributed by atoms with Gasteiger partial charge in [-0.05, 0) is 63.2 Å². The van der Waals surface area contributed by atoms with Crippen molar-refractivity contribution < 1.29 is 19.4 Å². The van der Waals surface area contributed by atoms with E-state index in [0.29, 0.717) is 6.42 Å². The lowest BCUT2D eigenvalue weighted by Gasteiger charge is -2.31. The average molecular weight is 537 g/mol. The van der Waals surface area contributed by atoms with Crippen LogP contribution in [0.1, 0.15) is 51.4 Å². The Kier molecular flexibility index (Phi) is 11.6. The predicted molar refractivity (Wildman–Crippen MR) is 155 cm³/mol. The monoisotopic (exact) mass is 536 g/mol. The Balaban J connectivity index is 1.05. The van der Waals surface area contributed by atoms with E-state index in [2.05, 4.69) is 20.4 Å². The molecule has 2 aliphatic heterocycles. The Bertz CT molecular complexity index is 1030. The van der Waals surface area contributed by atoms with E-state index >= 15 is 0 Å². The van der Waals surface area contributed by atoms with Crippen LogP contribution in [0.25, 0.3) is 11.1 Å². The molecule has 2 heterocycles. The number of amides is 2. The first-order valence-corrected chi connectivity index (χ1v) is 14.6. The minimum atomic E-state index is -0.426. The number of rotatable bonds is 12. The number of nitrogens with zero attached hydrogens (tertiary/aromatic N) is 2. The number of piperidine rings is 2. The highest BCUT2D eigenvalue weighted by molar-refractivity contribution is 5.91. The zero-order chi connectivity index (χ0) is 27.3. The summed E-state index contributed by atoms with van der Waals surface area (Å²) in [5.41, 5.74) is 2.74. The van der Waals surface area contributed by atoms with Crippen molar-refractivity contribution in [2.45, 2.75) is 63.6 Å². The van der Waals surface area contributed by atoms with E-state index in [1.165, 1.54) is 0 Å². The summed E-state index contributed by atoms with van der Waals surface area (Å²) >= 11 is 0. The van der Waals surface area contributed by atoms with Gasteiger partial charge in [-0.25, -0.2) is 4.79 Å². The van der Waals surface area contributed by atoms with Crippen LogP contribution < -0.4 is 10.6 Å². The molecule has 0 saturated carbocycles. The van der Waals surface area contributed by atoms with Crippen LogP contribution in [0.4, 0.5) is 10.5 Å². The lowest BCUT2D eigenvalue weighted by Crippen LogP contribution is -2.40. The van der Waals surface area contributed by atoms with Gasteiger partial charge in [0.15, 0.2) is 0 Å². The first kappa shape index (κ1) is 29.1. The topological polar surface area (TPSA) is 94.1 Å². The smallest absolute Gasteiger partial charge is 0.411 e. The average Bonchev–Trinajstić information content (AvgIpc) is 2.95. The number of carbonyl (C=O) groups is 2. The minimum Gasteiger partial charge on any atom is -0.446 e. The van der Waals surface area contributed by atoms with Gasteiger partial charge < -0.3 is 25.0 Å². The van der Waals surface area contributed by atoms with Gasteiger partial charge in [0.25, 0.3) is 0 Å². The summed E-state index contributed by atoms with van der Waals surface area (Å²) in [6.45, 7) is 6.01. The number of hydrogen-bond acceptors (Lipinski definition) is 6. The molecule has 4 rings (SSSR count). The number of benzene rings is 2. The molecule has 2 fully saturated rings. The maximum absolute atomic E-state index is 12.6. The van der Waals surface area contributed by atoms with Crippen LogP contribution in [0.5, 0.6) is 0 Å². The maximum atomic E-state index is 12.6. The van der Waals surface area contributed by atoms with Crippen LogP contribution in [0.2, 0.25) is 0 Å². The van der Waals surface area contributed by atoms with Gasteiger partial charge in [0.05, 0.1) is 11.8 Å². The Morgan fingerprint density at radius 1 is 0.872 bits per heavy atom. The summed E-state index contributed by atoms with van der Waals surface area (Å²) in [4.78, 5) is 29.5. The number of anilines is 1. The van der Waals surface area contributed by atoms with Gasteiger partial charge in [-0.15, -0.1) is 0 Å². The number of β-amino-alcohol motifs (C(OH)–C–C–N with tert-alkyl or cyclic N) is 1.